The van der Waals surface area contributed by atoms with Gasteiger partial charge in [-0.25, -0.2) is 0 Å². The second kappa shape index (κ2) is 6.23. The van der Waals surface area contributed by atoms with Crippen molar-refractivity contribution in [2.45, 2.75) is 33.1 Å². The third-order valence-electron chi connectivity index (χ3n) is 3.34. The van der Waals surface area contributed by atoms with Crippen molar-refractivity contribution in [3.05, 3.63) is 26.6 Å². The lowest BCUT2D eigenvalue weighted by atomic mass is 9.71. The number of aromatic nitrogens is 4. The van der Waals surface area contributed by atoms with E-state index in [0.717, 1.165) is 8.66 Å². The Morgan fingerprint density at radius 3 is 2.62 bits per heavy atom. The molecule has 8 heteroatoms. The van der Waals surface area contributed by atoms with Gasteiger partial charge in [0.2, 0.25) is 0 Å². The van der Waals surface area contributed by atoms with E-state index < -0.39 is 17.3 Å². The first kappa shape index (κ1) is 16.1. The average molecular weight is 373 g/mol. The van der Waals surface area contributed by atoms with Crippen molar-refractivity contribution in [2.24, 2.45) is 11.3 Å². The van der Waals surface area contributed by atoms with Gasteiger partial charge in [0.1, 0.15) is 0 Å². The minimum atomic E-state index is -0.840. The molecule has 0 aliphatic rings. The third-order valence-corrected chi connectivity index (χ3v) is 4.99. The molecular formula is C13H17BrN4O2S. The number of aliphatic carboxylic acids is 1. The molecule has 2 rings (SSSR count). The van der Waals surface area contributed by atoms with Crippen LogP contribution >= 0.6 is 27.3 Å². The van der Waals surface area contributed by atoms with Crippen LogP contribution in [0.2, 0.25) is 0 Å². The molecule has 0 amide bonds. The predicted molar refractivity (Wildman–Crippen MR) is 83.2 cm³/mol. The maximum absolute atomic E-state index is 11.8. The number of hydrogen-bond acceptors (Lipinski definition) is 5. The van der Waals surface area contributed by atoms with Crippen LogP contribution in [0.15, 0.2) is 15.9 Å². The molecule has 1 unspecified atom stereocenters. The van der Waals surface area contributed by atoms with Crippen LogP contribution < -0.4 is 0 Å². The van der Waals surface area contributed by atoms with Crippen LogP contribution in [0.4, 0.5) is 0 Å². The molecule has 0 spiro atoms. The summed E-state index contributed by atoms with van der Waals surface area (Å²) < 4.78 is 1.02. The second-order valence-corrected chi connectivity index (χ2v) is 8.52. The number of hydrogen-bond donors (Lipinski definition) is 2. The number of aromatic amines is 1. The summed E-state index contributed by atoms with van der Waals surface area (Å²) in [6.07, 6.45) is 0.573. The Morgan fingerprint density at radius 1 is 1.48 bits per heavy atom. The van der Waals surface area contributed by atoms with Gasteiger partial charge in [-0.3, -0.25) is 4.79 Å². The molecule has 0 saturated heterocycles. The lowest BCUT2D eigenvalue weighted by molar-refractivity contribution is -0.146. The Morgan fingerprint density at radius 2 is 2.19 bits per heavy atom. The van der Waals surface area contributed by atoms with E-state index in [1.807, 2.05) is 32.9 Å². The molecule has 0 saturated carbocycles. The van der Waals surface area contributed by atoms with Gasteiger partial charge >= 0.3 is 5.97 Å². The van der Waals surface area contributed by atoms with Crippen molar-refractivity contribution >= 4 is 33.2 Å². The first-order chi connectivity index (χ1) is 9.79. The molecule has 0 aliphatic carbocycles. The van der Waals surface area contributed by atoms with Crippen molar-refractivity contribution in [2.75, 3.05) is 0 Å². The summed E-state index contributed by atoms with van der Waals surface area (Å²) >= 11 is 5.02. The molecule has 114 valence electrons. The predicted octanol–water partition coefficient (Wildman–Crippen LogP) is 3.10. The number of H-pyrrole nitrogens is 1. The summed E-state index contributed by atoms with van der Waals surface area (Å²) in [5, 5.41) is 23.7. The average Bonchev–Trinajstić information content (AvgIpc) is 2.97. The van der Waals surface area contributed by atoms with Crippen LogP contribution in [0.5, 0.6) is 0 Å². The minimum Gasteiger partial charge on any atom is -0.481 e. The van der Waals surface area contributed by atoms with E-state index in [-0.39, 0.29) is 5.92 Å². The number of halogens is 1. The van der Waals surface area contributed by atoms with Gasteiger partial charge in [-0.1, -0.05) is 26.0 Å². The quantitative estimate of drug-likeness (QED) is 0.840. The Hall–Kier alpha value is -1.28. The van der Waals surface area contributed by atoms with Gasteiger partial charge in [0.25, 0.3) is 0 Å². The zero-order valence-corrected chi connectivity index (χ0v) is 14.4. The summed E-state index contributed by atoms with van der Waals surface area (Å²) in [6.45, 7) is 5.76. The molecule has 0 radical (unpaired) electrons. The molecular weight excluding hydrogens is 356 g/mol. The molecule has 0 fully saturated rings. The van der Waals surface area contributed by atoms with Crippen molar-refractivity contribution in [1.29, 1.82) is 0 Å². The van der Waals surface area contributed by atoms with Crippen LogP contribution in [-0.2, 0) is 11.2 Å². The number of nitrogens with zero attached hydrogens (tertiary/aromatic N) is 3. The van der Waals surface area contributed by atoms with Crippen LogP contribution in [0, 0.1) is 11.3 Å². The van der Waals surface area contributed by atoms with Gasteiger partial charge in [0.15, 0.2) is 5.82 Å². The second-order valence-electron chi connectivity index (χ2n) is 5.97. The molecule has 0 bridgehead atoms. The Bertz CT molecular complexity index is 606. The molecule has 2 heterocycles. The summed E-state index contributed by atoms with van der Waals surface area (Å²) in [5.41, 5.74) is -0.411. The van der Waals surface area contributed by atoms with Gasteiger partial charge in [-0.05, 0) is 39.9 Å². The first-order valence-electron chi connectivity index (χ1n) is 6.49. The number of carbonyl (C=O) groups is 1. The SMILES string of the molecule is CC(C)(C)C(C(=O)O)[C@H](Cc1ccc(Br)s1)c1nn[nH]n1. The molecule has 6 nitrogen and oxygen atoms in total. The highest BCUT2D eigenvalue weighted by molar-refractivity contribution is 9.11. The molecule has 2 N–H and O–H groups in total. The van der Waals surface area contributed by atoms with Crippen molar-refractivity contribution < 1.29 is 9.90 Å². The highest BCUT2D eigenvalue weighted by atomic mass is 79.9. The number of tetrazole rings is 1. The fourth-order valence-electron chi connectivity index (χ4n) is 2.51. The molecule has 2 aromatic heterocycles. The first-order valence-corrected chi connectivity index (χ1v) is 8.10. The molecule has 2 aromatic rings. The van der Waals surface area contributed by atoms with Gasteiger partial charge in [0, 0.05) is 10.8 Å². The molecule has 0 aliphatic heterocycles. The fourth-order valence-corrected chi connectivity index (χ4v) is 4.05. The van der Waals surface area contributed by atoms with Gasteiger partial charge in [-0.2, -0.15) is 5.21 Å². The van der Waals surface area contributed by atoms with Gasteiger partial charge < -0.3 is 5.11 Å². The minimum absolute atomic E-state index is 0.327. The monoisotopic (exact) mass is 372 g/mol. The Balaban J connectivity index is 2.38. The Labute approximate surface area is 135 Å². The van der Waals surface area contributed by atoms with Crippen LogP contribution in [0.3, 0.4) is 0 Å². The number of carboxylic acids is 1. The van der Waals surface area contributed by atoms with E-state index in [9.17, 15) is 9.90 Å². The van der Waals surface area contributed by atoms with Crippen LogP contribution in [0.25, 0.3) is 0 Å². The number of carboxylic acid groups (broad SMARTS) is 1. The summed E-state index contributed by atoms with van der Waals surface area (Å²) in [7, 11) is 0. The van der Waals surface area contributed by atoms with Crippen LogP contribution in [0.1, 0.15) is 37.4 Å². The maximum atomic E-state index is 11.8. The lowest BCUT2D eigenvalue weighted by Gasteiger charge is -2.32. The van der Waals surface area contributed by atoms with E-state index in [1.165, 1.54) is 0 Å². The summed E-state index contributed by atoms with van der Waals surface area (Å²) in [6, 6.07) is 3.95. The highest BCUT2D eigenvalue weighted by Crippen LogP contribution is 2.40. The van der Waals surface area contributed by atoms with Crippen molar-refractivity contribution in [3.8, 4) is 0 Å². The smallest absolute Gasteiger partial charge is 0.307 e. The number of thiophene rings is 1. The number of rotatable bonds is 5. The zero-order valence-electron chi connectivity index (χ0n) is 12.0. The largest absolute Gasteiger partial charge is 0.481 e. The highest BCUT2D eigenvalue weighted by Gasteiger charge is 2.41. The van der Waals surface area contributed by atoms with Gasteiger partial charge in [0.05, 0.1) is 9.70 Å². The molecule has 2 atom stereocenters. The maximum Gasteiger partial charge on any atom is 0.307 e. The summed E-state index contributed by atoms with van der Waals surface area (Å²) in [5.74, 6) is -1.32. The van der Waals surface area contributed by atoms with E-state index >= 15 is 0 Å². The van der Waals surface area contributed by atoms with E-state index in [1.54, 1.807) is 11.3 Å². The lowest BCUT2D eigenvalue weighted by Crippen LogP contribution is -2.35. The number of nitrogens with one attached hydrogen (secondary N) is 1. The van der Waals surface area contributed by atoms with Crippen molar-refractivity contribution in [3.63, 3.8) is 0 Å². The van der Waals surface area contributed by atoms with Gasteiger partial charge in [-0.15, -0.1) is 21.5 Å². The zero-order chi connectivity index (χ0) is 15.6. The molecule has 0 aromatic carbocycles. The molecule has 21 heavy (non-hydrogen) atoms. The summed E-state index contributed by atoms with van der Waals surface area (Å²) in [4.78, 5) is 12.9. The van der Waals surface area contributed by atoms with Crippen LogP contribution in [-0.4, -0.2) is 31.7 Å². The third kappa shape index (κ3) is 3.88. The van der Waals surface area contributed by atoms with Crippen molar-refractivity contribution in [1.82, 2.24) is 20.6 Å². The topological polar surface area (TPSA) is 91.8 Å². The van der Waals surface area contributed by atoms with E-state index in [4.69, 9.17) is 0 Å². The van der Waals surface area contributed by atoms with E-state index in [0.29, 0.717) is 12.2 Å². The fraction of sp³-hybridized carbons (Fsp3) is 0.538. The van der Waals surface area contributed by atoms with E-state index in [2.05, 4.69) is 36.6 Å². The normalized spacial score (nSPS) is 14.9. The standard InChI is InChI=1S/C13H17BrN4O2S/c1-13(2,3)10(12(19)20)8(11-15-17-18-16-11)6-7-4-5-9(14)21-7/h4-5,8,10H,6H2,1-3H3,(H,19,20)(H,15,16,17,18)/t8-,10?/m0/s1. The Kier molecular flexibility index (Phi) is 4.77.